The van der Waals surface area contributed by atoms with Gasteiger partial charge in [-0.3, -0.25) is 34.6 Å². The molecule has 6 rings (SSSR count). The van der Waals surface area contributed by atoms with Gasteiger partial charge in [0.2, 0.25) is 28.7 Å². The third kappa shape index (κ3) is 19.7. The van der Waals surface area contributed by atoms with Gasteiger partial charge in [-0.05, 0) is 125 Å². The molecule has 0 radical (unpaired) electrons. The quantitative estimate of drug-likeness (QED) is 0.0554. The normalized spacial score (nSPS) is 16.5. The van der Waals surface area contributed by atoms with Crippen LogP contribution in [0.5, 0.6) is 0 Å². The van der Waals surface area contributed by atoms with Gasteiger partial charge in [0.25, 0.3) is 0 Å². The summed E-state index contributed by atoms with van der Waals surface area (Å²) in [6.45, 7) is 17.3. The first-order valence-corrected chi connectivity index (χ1v) is 25.0. The second kappa shape index (κ2) is 26.8. The summed E-state index contributed by atoms with van der Waals surface area (Å²) in [4.78, 5) is 107. The Morgan fingerprint density at radius 1 is 0.545 bits per heavy atom. The Bertz CT molecular complexity index is 2560. The number of carbonyl (C=O) groups excluding carboxylic acids is 6. The summed E-state index contributed by atoms with van der Waals surface area (Å²) < 4.78 is 15.6. The van der Waals surface area contributed by atoms with Crippen molar-refractivity contribution in [3.63, 3.8) is 0 Å². The lowest BCUT2D eigenvalue weighted by Crippen LogP contribution is -2.63. The molecular weight excluding hydrogens is 1030 g/mol. The maximum absolute atomic E-state index is 12.1. The van der Waals surface area contributed by atoms with Crippen molar-refractivity contribution in [2.45, 2.75) is 154 Å². The molecule has 0 spiro atoms. The number of nitro groups is 2. The first-order chi connectivity index (χ1) is 35.6. The molecule has 77 heavy (non-hydrogen) atoms. The van der Waals surface area contributed by atoms with Gasteiger partial charge < -0.3 is 62.9 Å². The zero-order valence-corrected chi connectivity index (χ0v) is 45.8. The monoisotopic (exact) mass is 1100 g/mol. The highest BCUT2D eigenvalue weighted by molar-refractivity contribution is 6.31. The van der Waals surface area contributed by atoms with Gasteiger partial charge in [-0.2, -0.15) is 0 Å². The molecule has 0 atom stereocenters. The van der Waals surface area contributed by atoms with Crippen LogP contribution in [0, 0.1) is 20.2 Å². The molecule has 3 aliphatic rings. The van der Waals surface area contributed by atoms with Gasteiger partial charge in [0.15, 0.2) is 5.82 Å². The minimum atomic E-state index is -1.26. The Morgan fingerprint density at radius 3 is 1.19 bits per heavy atom. The molecule has 1 saturated carbocycles. The number of piperidine rings is 2. The van der Waals surface area contributed by atoms with E-state index in [1.807, 2.05) is 4.90 Å². The molecule has 6 amide bonds. The molecule has 27 nitrogen and oxygen atoms in total. The number of hydrogen-bond acceptors (Lipinski definition) is 19. The van der Waals surface area contributed by atoms with Gasteiger partial charge in [0.05, 0.1) is 15.5 Å². The Morgan fingerprint density at radius 2 is 0.870 bits per heavy atom. The summed E-state index contributed by atoms with van der Waals surface area (Å²) in [6, 6.07) is 9.16. The van der Waals surface area contributed by atoms with Crippen LogP contribution < -0.4 is 48.7 Å². The van der Waals surface area contributed by atoms with Crippen molar-refractivity contribution in [3.05, 3.63) is 80.4 Å². The Kier molecular flexibility index (Phi) is 22.1. The number of alkyl carbamates (subject to hydrolysis) is 3. The van der Waals surface area contributed by atoms with Gasteiger partial charge in [-0.1, -0.05) is 30.9 Å². The molecule has 3 fully saturated rings. The highest BCUT2D eigenvalue weighted by atomic mass is 35.5. The fraction of sp³-hybridized carbons (Fsp3) is 0.571. The topological polar surface area (TPSA) is 402 Å². The largest absolute Gasteiger partial charge is 0.444 e. The molecule has 1 aliphatic carbocycles. The lowest BCUT2D eigenvalue weighted by atomic mass is 9.81. The van der Waals surface area contributed by atoms with Crippen molar-refractivity contribution in [3.8, 4) is 0 Å². The maximum Gasteiger partial charge on any atom is 0.408 e. The average Bonchev–Trinajstić information content (AvgIpc) is 3.31. The predicted molar refractivity (Wildman–Crippen MR) is 285 cm³/mol. The lowest BCUT2D eigenvalue weighted by molar-refractivity contribution is -0.385. The lowest BCUT2D eigenvalue weighted by Gasteiger charge is -2.40. The predicted octanol–water partition coefficient (Wildman–Crippen LogP) is 5.69. The van der Waals surface area contributed by atoms with E-state index in [9.17, 15) is 49.0 Å². The van der Waals surface area contributed by atoms with E-state index >= 15 is 0 Å². The Balaban J connectivity index is 0.000000283. The van der Waals surface area contributed by atoms with E-state index in [1.54, 1.807) is 85.5 Å². The summed E-state index contributed by atoms with van der Waals surface area (Å²) in [5.74, 6) is -0.802. The number of hydrogen-bond donors (Lipinski definition) is 7. The summed E-state index contributed by atoms with van der Waals surface area (Å²) >= 11 is 5.37. The van der Waals surface area contributed by atoms with Crippen LogP contribution in [0.4, 0.5) is 43.1 Å². The van der Waals surface area contributed by atoms with E-state index in [0.717, 1.165) is 19.3 Å². The zero-order chi connectivity index (χ0) is 58.2. The minimum absolute atomic E-state index is 0.0764. The number of carbonyl (C=O) groups is 6. The van der Waals surface area contributed by atoms with E-state index in [-0.39, 0.29) is 48.3 Å². The van der Waals surface area contributed by atoms with Crippen molar-refractivity contribution in [1.29, 1.82) is 0 Å². The average molecular weight is 1100 g/mol. The van der Waals surface area contributed by atoms with Crippen LogP contribution in [0.3, 0.4) is 0 Å². The number of anilines is 3. The number of aromatic nitrogens is 3. The molecule has 424 valence electrons. The van der Waals surface area contributed by atoms with Crippen LogP contribution in [0.15, 0.2) is 55.0 Å². The SMILES string of the molecule is CC(C)(C)OC(=O)NC1(C(N)=O)CCCCC1.CC(C)(C)OC(=O)NC1(C(N)=O)CCN(c2ncccc2N)CC1.CC(C)(C)OC(=O)NC1(C(N)=O)CCN(c2ncccc2[N+](=O)[O-])CC1.O=[N+]([O-])c1cccnc1Cl. The van der Waals surface area contributed by atoms with E-state index in [0.29, 0.717) is 50.3 Å². The van der Waals surface area contributed by atoms with Crippen LogP contribution in [0.25, 0.3) is 0 Å². The summed E-state index contributed by atoms with van der Waals surface area (Å²) in [5.41, 5.74) is 17.5. The molecule has 0 unspecified atom stereocenters. The third-order valence-electron chi connectivity index (χ3n) is 11.9. The number of nitrogens with two attached hydrogens (primary N) is 4. The van der Waals surface area contributed by atoms with E-state index in [1.165, 1.54) is 36.7 Å². The fourth-order valence-electron chi connectivity index (χ4n) is 8.11. The van der Waals surface area contributed by atoms with Crippen molar-refractivity contribution in [2.75, 3.05) is 41.7 Å². The molecule has 0 aromatic carbocycles. The number of primary amides is 3. The van der Waals surface area contributed by atoms with Crippen molar-refractivity contribution >= 4 is 76.3 Å². The Labute approximate surface area is 451 Å². The standard InChI is InChI=1S/C16H23N5O5.C16H25N5O3.C12H22N2O3.C5H3ClN2O2/c1-15(2,3)26-14(23)19-16(13(17)22)6-9-20(10-7-16)12-11(21(24)25)5-4-8-18-12;1-15(2,3)24-14(23)20-16(13(18)22)6-9-21(10-7-16)12-11(17)5-4-8-19-12;1-11(2,3)17-10(16)14-12(9(13)15)7-5-4-6-8-12;6-5-4(8(9)10)2-1-3-7-5/h4-5,8H,6-7,9-10H2,1-3H3,(H2,17,22)(H,19,23);4-5,8H,6-7,9-10,17H2,1-3H3,(H2,18,22)(H,20,23);4-8H2,1-3H3,(H2,13,15)(H,14,16);1-3H. The van der Waals surface area contributed by atoms with Crippen molar-refractivity contribution in [1.82, 2.24) is 30.9 Å². The maximum atomic E-state index is 12.1. The number of rotatable bonds is 10. The second-order valence-electron chi connectivity index (χ2n) is 21.3. The molecule has 11 N–H and O–H groups in total. The highest BCUT2D eigenvalue weighted by Crippen LogP contribution is 2.33. The van der Waals surface area contributed by atoms with Gasteiger partial charge in [0, 0.05) is 56.9 Å². The van der Waals surface area contributed by atoms with Crippen LogP contribution in [-0.4, -0.2) is 120 Å². The van der Waals surface area contributed by atoms with Gasteiger partial charge >= 0.3 is 29.7 Å². The highest BCUT2D eigenvalue weighted by Gasteiger charge is 2.45. The molecule has 3 aromatic rings. The van der Waals surface area contributed by atoms with Crippen LogP contribution in [-0.2, 0) is 28.6 Å². The van der Waals surface area contributed by atoms with Crippen molar-refractivity contribution in [2.24, 2.45) is 17.2 Å². The molecule has 5 heterocycles. The van der Waals surface area contributed by atoms with E-state index < -0.39 is 79.3 Å². The molecule has 2 aliphatic heterocycles. The van der Waals surface area contributed by atoms with Crippen LogP contribution in [0.2, 0.25) is 5.15 Å². The van der Waals surface area contributed by atoms with Gasteiger partial charge in [0.1, 0.15) is 33.4 Å². The molecular formula is C49H73ClN14O13. The van der Waals surface area contributed by atoms with Crippen LogP contribution in [0.1, 0.15) is 120 Å². The first-order valence-electron chi connectivity index (χ1n) is 24.6. The number of ether oxygens (including phenoxy) is 3. The number of amides is 6. The van der Waals surface area contributed by atoms with Gasteiger partial charge in [-0.15, -0.1) is 0 Å². The number of halogens is 1. The summed E-state index contributed by atoms with van der Waals surface area (Å²) in [7, 11) is 0. The van der Waals surface area contributed by atoms with E-state index in [2.05, 4.69) is 30.9 Å². The number of nitrogens with one attached hydrogen (secondary N) is 3. The fourth-order valence-corrected chi connectivity index (χ4v) is 8.30. The number of nitrogen functional groups attached to an aromatic ring is 1. The number of pyridine rings is 3. The first kappa shape index (κ1) is 63.5. The zero-order valence-electron chi connectivity index (χ0n) is 45.0. The molecule has 0 bridgehead atoms. The van der Waals surface area contributed by atoms with Crippen LogP contribution >= 0.6 is 11.6 Å². The van der Waals surface area contributed by atoms with E-state index in [4.69, 9.17) is 48.7 Å². The molecule has 3 aromatic heterocycles. The second-order valence-corrected chi connectivity index (χ2v) is 21.7. The molecule has 28 heteroatoms. The number of nitrogens with zero attached hydrogens (tertiary/aromatic N) is 7. The summed E-state index contributed by atoms with van der Waals surface area (Å²) in [6.07, 6.45) is 7.76. The molecule has 2 saturated heterocycles. The summed E-state index contributed by atoms with van der Waals surface area (Å²) in [5, 5.41) is 29.1. The van der Waals surface area contributed by atoms with Gasteiger partial charge in [-0.25, -0.2) is 29.3 Å². The minimum Gasteiger partial charge on any atom is -0.444 e. The van der Waals surface area contributed by atoms with Crippen molar-refractivity contribution < 1.29 is 52.8 Å². The smallest absolute Gasteiger partial charge is 0.408 e. The Hall–Kier alpha value is -7.84. The third-order valence-corrected chi connectivity index (χ3v) is 12.2.